The van der Waals surface area contributed by atoms with Crippen LogP contribution in [0.25, 0.3) is 0 Å². The molecule has 0 aromatic rings. The molecule has 1 atom stereocenters. The lowest BCUT2D eigenvalue weighted by atomic mass is 10.3. The Balaban J connectivity index is 3.79. The van der Waals surface area contributed by atoms with Crippen LogP contribution in [0.15, 0.2) is 0 Å². The maximum absolute atomic E-state index is 11.6. The molecule has 0 aromatic carbocycles. The van der Waals surface area contributed by atoms with Crippen molar-refractivity contribution in [3.63, 3.8) is 0 Å². The van der Waals surface area contributed by atoms with Gasteiger partial charge in [-0.3, -0.25) is 0 Å². The third-order valence-corrected chi connectivity index (χ3v) is 0.979. The number of nitrogens with one attached hydrogen (secondary N) is 1. The summed E-state index contributed by atoms with van der Waals surface area (Å²) in [5, 5.41) is 2.04. The molecule has 0 saturated heterocycles. The van der Waals surface area contributed by atoms with E-state index >= 15 is 0 Å². The molecule has 0 aliphatic heterocycles. The molecular formula is C4H9F3N2. The van der Waals surface area contributed by atoms with Gasteiger partial charge in [0.25, 0.3) is 0 Å². The van der Waals surface area contributed by atoms with Crippen LogP contribution in [-0.4, -0.2) is 25.8 Å². The van der Waals surface area contributed by atoms with Crippen LogP contribution in [0.3, 0.4) is 0 Å². The van der Waals surface area contributed by atoms with Gasteiger partial charge in [0.1, 0.15) is 6.04 Å². The van der Waals surface area contributed by atoms with Crippen LogP contribution in [0.4, 0.5) is 13.2 Å². The molecule has 0 fully saturated rings. The molecule has 0 unspecified atom stereocenters. The molecule has 9 heavy (non-hydrogen) atoms. The molecular weight excluding hydrogens is 133 g/mol. The lowest BCUT2D eigenvalue weighted by Gasteiger charge is -2.16. The Hall–Kier alpha value is -0.290. The second kappa shape index (κ2) is 3.03. The summed E-state index contributed by atoms with van der Waals surface area (Å²) in [5.74, 6) is 0. The minimum Gasteiger partial charge on any atom is -0.329 e. The molecule has 3 N–H and O–H groups in total. The largest absolute Gasteiger partial charge is 0.405 e. The van der Waals surface area contributed by atoms with E-state index in [-0.39, 0.29) is 0 Å². The van der Waals surface area contributed by atoms with Crippen LogP contribution >= 0.6 is 0 Å². The van der Waals surface area contributed by atoms with Crippen molar-refractivity contribution < 1.29 is 13.2 Å². The van der Waals surface area contributed by atoms with Crippen molar-refractivity contribution in [2.24, 2.45) is 5.73 Å². The van der Waals surface area contributed by atoms with Gasteiger partial charge in [0.15, 0.2) is 0 Å². The molecule has 2 nitrogen and oxygen atoms in total. The van der Waals surface area contributed by atoms with E-state index in [1.165, 1.54) is 7.05 Å². The molecule has 0 aliphatic carbocycles. The Morgan fingerprint density at radius 3 is 2.00 bits per heavy atom. The van der Waals surface area contributed by atoms with Gasteiger partial charge in [0.2, 0.25) is 0 Å². The first-order valence-electron chi connectivity index (χ1n) is 2.46. The summed E-state index contributed by atoms with van der Waals surface area (Å²) in [7, 11) is 1.23. The molecule has 0 saturated carbocycles. The van der Waals surface area contributed by atoms with Gasteiger partial charge < -0.3 is 11.1 Å². The fraction of sp³-hybridized carbons (Fsp3) is 1.00. The highest BCUT2D eigenvalue weighted by atomic mass is 19.4. The highest BCUT2D eigenvalue weighted by Crippen LogP contribution is 2.18. The number of alkyl halides is 3. The summed E-state index contributed by atoms with van der Waals surface area (Å²) < 4.78 is 34.7. The van der Waals surface area contributed by atoms with E-state index in [0.29, 0.717) is 0 Å². The summed E-state index contributed by atoms with van der Waals surface area (Å²) in [6.07, 6.45) is -4.22. The minimum atomic E-state index is -4.22. The minimum absolute atomic E-state index is 0.417. The van der Waals surface area contributed by atoms with Crippen molar-refractivity contribution in [3.05, 3.63) is 0 Å². The van der Waals surface area contributed by atoms with Crippen molar-refractivity contribution in [1.82, 2.24) is 5.32 Å². The zero-order chi connectivity index (χ0) is 7.49. The zero-order valence-electron chi connectivity index (χ0n) is 5.00. The average molecular weight is 142 g/mol. The second-order valence-corrected chi connectivity index (χ2v) is 1.62. The molecule has 5 heteroatoms. The van der Waals surface area contributed by atoms with Crippen LogP contribution < -0.4 is 11.1 Å². The van der Waals surface area contributed by atoms with Gasteiger partial charge >= 0.3 is 6.18 Å². The molecule has 0 rings (SSSR count). The van der Waals surface area contributed by atoms with Gasteiger partial charge in [0, 0.05) is 6.54 Å². The number of nitrogens with two attached hydrogens (primary N) is 1. The standard InChI is InChI=1S/C4H9F3N2/c1-9-3(2-8)4(5,6)7/h3,9H,2,8H2,1H3/t3-/m1/s1. The van der Waals surface area contributed by atoms with Crippen molar-refractivity contribution in [2.75, 3.05) is 13.6 Å². The highest BCUT2D eigenvalue weighted by Gasteiger charge is 2.37. The van der Waals surface area contributed by atoms with E-state index in [1.807, 2.05) is 5.32 Å². The van der Waals surface area contributed by atoms with Gasteiger partial charge in [-0.25, -0.2) is 0 Å². The van der Waals surface area contributed by atoms with E-state index < -0.39 is 18.8 Å². The maximum atomic E-state index is 11.6. The van der Waals surface area contributed by atoms with E-state index in [1.54, 1.807) is 0 Å². The monoisotopic (exact) mass is 142 g/mol. The second-order valence-electron chi connectivity index (χ2n) is 1.62. The van der Waals surface area contributed by atoms with E-state index in [0.717, 1.165) is 0 Å². The van der Waals surface area contributed by atoms with Gasteiger partial charge in [0.05, 0.1) is 0 Å². The maximum Gasteiger partial charge on any atom is 0.405 e. The lowest BCUT2D eigenvalue weighted by Crippen LogP contribution is -2.45. The predicted octanol–water partition coefficient (Wildman–Crippen LogP) is 0.0954. The normalized spacial score (nSPS) is 15.7. The van der Waals surface area contributed by atoms with Gasteiger partial charge in [-0.15, -0.1) is 0 Å². The first kappa shape index (κ1) is 8.71. The van der Waals surface area contributed by atoms with Crippen LogP contribution in [0, 0.1) is 0 Å². The van der Waals surface area contributed by atoms with Gasteiger partial charge in [-0.2, -0.15) is 13.2 Å². The number of hydrogen-bond donors (Lipinski definition) is 2. The first-order chi connectivity index (χ1) is 4.02. The van der Waals surface area contributed by atoms with Crippen LogP contribution in [0.2, 0.25) is 0 Å². The number of likely N-dealkylation sites (N-methyl/N-ethyl adjacent to an activating group) is 1. The molecule has 56 valence electrons. The van der Waals surface area contributed by atoms with E-state index in [4.69, 9.17) is 5.73 Å². The van der Waals surface area contributed by atoms with Crippen LogP contribution in [0.5, 0.6) is 0 Å². The number of rotatable bonds is 2. The Morgan fingerprint density at radius 2 is 2.00 bits per heavy atom. The Morgan fingerprint density at radius 1 is 1.56 bits per heavy atom. The topological polar surface area (TPSA) is 38.0 Å². The molecule has 0 amide bonds. The first-order valence-corrected chi connectivity index (χ1v) is 2.46. The molecule has 0 spiro atoms. The summed E-state index contributed by atoms with van der Waals surface area (Å²) in [5.41, 5.74) is 4.79. The SMILES string of the molecule is CN[C@H](CN)C(F)(F)F. The number of hydrogen-bond acceptors (Lipinski definition) is 2. The van der Waals surface area contributed by atoms with E-state index in [9.17, 15) is 13.2 Å². The Kier molecular flexibility index (Phi) is 2.93. The quantitative estimate of drug-likeness (QED) is 0.573. The van der Waals surface area contributed by atoms with Crippen molar-refractivity contribution in [2.45, 2.75) is 12.2 Å². The average Bonchev–Trinajstić information content (AvgIpc) is 1.65. The van der Waals surface area contributed by atoms with Crippen LogP contribution in [-0.2, 0) is 0 Å². The van der Waals surface area contributed by atoms with Crippen molar-refractivity contribution in [3.8, 4) is 0 Å². The summed E-state index contributed by atoms with van der Waals surface area (Å²) >= 11 is 0. The third kappa shape index (κ3) is 2.67. The molecule has 0 radical (unpaired) electrons. The van der Waals surface area contributed by atoms with Crippen LogP contribution in [0.1, 0.15) is 0 Å². The smallest absolute Gasteiger partial charge is 0.329 e. The lowest BCUT2D eigenvalue weighted by molar-refractivity contribution is -0.151. The molecule has 0 heterocycles. The highest BCUT2D eigenvalue weighted by molar-refractivity contribution is 4.73. The summed E-state index contributed by atoms with van der Waals surface area (Å²) in [6, 6.07) is -1.57. The molecule has 0 bridgehead atoms. The number of halogens is 3. The fourth-order valence-corrected chi connectivity index (χ4v) is 0.415. The Labute approximate surface area is 51.2 Å². The third-order valence-electron chi connectivity index (χ3n) is 0.979. The van der Waals surface area contributed by atoms with Gasteiger partial charge in [-0.1, -0.05) is 0 Å². The van der Waals surface area contributed by atoms with Crippen molar-refractivity contribution >= 4 is 0 Å². The van der Waals surface area contributed by atoms with Crippen molar-refractivity contribution in [1.29, 1.82) is 0 Å². The fourth-order valence-electron chi connectivity index (χ4n) is 0.415. The summed E-state index contributed by atoms with van der Waals surface area (Å²) in [4.78, 5) is 0. The van der Waals surface area contributed by atoms with Gasteiger partial charge in [-0.05, 0) is 7.05 Å². The zero-order valence-corrected chi connectivity index (χ0v) is 5.00. The summed E-state index contributed by atoms with van der Waals surface area (Å²) in [6.45, 7) is -0.417. The molecule has 0 aromatic heterocycles. The molecule has 0 aliphatic rings. The predicted molar refractivity (Wildman–Crippen MR) is 28.0 cm³/mol. The van der Waals surface area contributed by atoms with E-state index in [2.05, 4.69) is 0 Å². The Bertz CT molecular complexity index is 76.4.